The van der Waals surface area contributed by atoms with E-state index in [2.05, 4.69) is 14.8 Å². The van der Waals surface area contributed by atoms with Gasteiger partial charge in [-0.2, -0.15) is 13.2 Å². The van der Waals surface area contributed by atoms with Crippen LogP contribution in [-0.2, 0) is 19.1 Å². The Morgan fingerprint density at radius 2 is 1.87 bits per heavy atom. The lowest BCUT2D eigenvalue weighted by Gasteiger charge is -2.18. The predicted octanol–water partition coefficient (Wildman–Crippen LogP) is 2.64. The molecule has 0 fully saturated rings. The van der Waals surface area contributed by atoms with Crippen LogP contribution < -0.4 is 5.32 Å². The van der Waals surface area contributed by atoms with Gasteiger partial charge in [-0.05, 0) is 17.7 Å². The van der Waals surface area contributed by atoms with E-state index in [1.165, 1.54) is 7.11 Å². The number of rotatable bonds is 7. The SMILES string of the molecule is COC(=O)CC(NC(=O)COCC(F)(F)F)c1ccc(Cl)cc1. The number of methoxy groups -OCH3 is 1. The van der Waals surface area contributed by atoms with Gasteiger partial charge in [-0.15, -0.1) is 0 Å². The molecule has 0 spiro atoms. The zero-order valence-corrected chi connectivity index (χ0v) is 12.9. The van der Waals surface area contributed by atoms with Gasteiger partial charge in [0.25, 0.3) is 0 Å². The molecular weight excluding hydrogens is 339 g/mol. The van der Waals surface area contributed by atoms with Crippen molar-refractivity contribution in [3.05, 3.63) is 34.9 Å². The molecule has 0 saturated carbocycles. The van der Waals surface area contributed by atoms with Crippen LogP contribution in [0.25, 0.3) is 0 Å². The summed E-state index contributed by atoms with van der Waals surface area (Å²) in [6, 6.07) is 5.54. The maximum atomic E-state index is 12.0. The Morgan fingerprint density at radius 1 is 1.26 bits per heavy atom. The second-order valence-corrected chi connectivity index (χ2v) is 5.00. The minimum absolute atomic E-state index is 0.177. The summed E-state index contributed by atoms with van der Waals surface area (Å²) in [5.41, 5.74) is 0.559. The van der Waals surface area contributed by atoms with Gasteiger partial charge in [0.2, 0.25) is 5.91 Å². The molecule has 23 heavy (non-hydrogen) atoms. The molecule has 1 aromatic carbocycles. The van der Waals surface area contributed by atoms with Crippen molar-refractivity contribution in [2.75, 3.05) is 20.3 Å². The Bertz CT molecular complexity index is 534. The topological polar surface area (TPSA) is 64.6 Å². The van der Waals surface area contributed by atoms with Crippen LogP contribution in [0.1, 0.15) is 18.0 Å². The minimum Gasteiger partial charge on any atom is -0.469 e. The lowest BCUT2D eigenvalue weighted by Crippen LogP contribution is -2.34. The number of esters is 1. The van der Waals surface area contributed by atoms with Crippen molar-refractivity contribution in [2.45, 2.75) is 18.6 Å². The summed E-state index contributed by atoms with van der Waals surface area (Å²) in [6.07, 6.45) is -4.69. The summed E-state index contributed by atoms with van der Waals surface area (Å²) in [6.45, 7) is -2.30. The summed E-state index contributed by atoms with van der Waals surface area (Å²) >= 11 is 5.76. The number of carbonyl (C=O) groups is 2. The van der Waals surface area contributed by atoms with Gasteiger partial charge in [-0.25, -0.2) is 0 Å². The number of hydrogen-bond donors (Lipinski definition) is 1. The van der Waals surface area contributed by atoms with Crippen LogP contribution in [0.5, 0.6) is 0 Å². The van der Waals surface area contributed by atoms with Crippen LogP contribution in [0, 0.1) is 0 Å². The molecule has 1 aromatic rings. The van der Waals surface area contributed by atoms with Gasteiger partial charge in [-0.3, -0.25) is 9.59 Å². The van der Waals surface area contributed by atoms with Gasteiger partial charge in [0.05, 0.1) is 19.6 Å². The molecular formula is C14H15ClF3NO4. The monoisotopic (exact) mass is 353 g/mol. The predicted molar refractivity (Wildman–Crippen MR) is 75.8 cm³/mol. The van der Waals surface area contributed by atoms with Crippen molar-refractivity contribution < 1.29 is 32.2 Å². The van der Waals surface area contributed by atoms with Crippen LogP contribution in [0.3, 0.4) is 0 Å². The first-order valence-electron chi connectivity index (χ1n) is 6.47. The van der Waals surface area contributed by atoms with Crippen LogP contribution in [-0.4, -0.2) is 38.4 Å². The summed E-state index contributed by atoms with van der Waals surface area (Å²) in [7, 11) is 1.19. The number of ether oxygens (including phenoxy) is 2. The van der Waals surface area contributed by atoms with Gasteiger partial charge in [0.1, 0.15) is 13.2 Å². The fourth-order valence-electron chi connectivity index (χ4n) is 1.69. The Kier molecular flexibility index (Phi) is 7.31. The Hall–Kier alpha value is -1.80. The number of amides is 1. The van der Waals surface area contributed by atoms with E-state index in [1.807, 2.05) is 0 Å². The van der Waals surface area contributed by atoms with E-state index in [0.29, 0.717) is 10.6 Å². The van der Waals surface area contributed by atoms with E-state index < -0.39 is 37.3 Å². The highest BCUT2D eigenvalue weighted by molar-refractivity contribution is 6.30. The average Bonchev–Trinajstić information content (AvgIpc) is 2.45. The third-order valence-corrected chi connectivity index (χ3v) is 2.96. The number of nitrogens with one attached hydrogen (secondary N) is 1. The van der Waals surface area contributed by atoms with Crippen LogP contribution in [0.2, 0.25) is 5.02 Å². The van der Waals surface area contributed by atoms with E-state index in [1.54, 1.807) is 24.3 Å². The third kappa shape index (κ3) is 7.85. The van der Waals surface area contributed by atoms with Crippen molar-refractivity contribution in [1.82, 2.24) is 5.32 Å². The fourth-order valence-corrected chi connectivity index (χ4v) is 1.82. The molecule has 1 N–H and O–H groups in total. The van der Waals surface area contributed by atoms with Crippen LogP contribution in [0.15, 0.2) is 24.3 Å². The summed E-state index contributed by atoms with van der Waals surface area (Å²) in [5, 5.41) is 2.89. The molecule has 1 rings (SSSR count). The molecule has 0 heterocycles. The highest BCUT2D eigenvalue weighted by Gasteiger charge is 2.28. The lowest BCUT2D eigenvalue weighted by molar-refractivity contribution is -0.175. The molecule has 0 bridgehead atoms. The molecule has 9 heteroatoms. The van der Waals surface area contributed by atoms with Crippen molar-refractivity contribution in [1.29, 1.82) is 0 Å². The summed E-state index contributed by atoms with van der Waals surface area (Å²) < 4.78 is 44.7. The second kappa shape index (κ2) is 8.73. The van der Waals surface area contributed by atoms with Crippen molar-refractivity contribution in [2.24, 2.45) is 0 Å². The number of hydrogen-bond acceptors (Lipinski definition) is 4. The Morgan fingerprint density at radius 3 is 2.39 bits per heavy atom. The largest absolute Gasteiger partial charge is 0.469 e. The van der Waals surface area contributed by atoms with E-state index in [4.69, 9.17) is 11.6 Å². The van der Waals surface area contributed by atoms with E-state index in [9.17, 15) is 22.8 Å². The summed E-state index contributed by atoms with van der Waals surface area (Å²) in [4.78, 5) is 23.1. The highest BCUT2D eigenvalue weighted by atomic mass is 35.5. The standard InChI is InChI=1S/C14H15ClF3NO4/c1-22-13(21)6-11(9-2-4-10(15)5-3-9)19-12(20)7-23-8-14(16,17)18/h2-5,11H,6-8H2,1H3,(H,19,20). The Balaban J connectivity index is 2.67. The fraction of sp³-hybridized carbons (Fsp3) is 0.429. The number of alkyl halides is 3. The zero-order valence-electron chi connectivity index (χ0n) is 12.2. The number of carbonyl (C=O) groups excluding carboxylic acids is 2. The molecule has 1 amide bonds. The molecule has 0 aliphatic heterocycles. The van der Waals surface area contributed by atoms with Crippen molar-refractivity contribution >= 4 is 23.5 Å². The zero-order chi connectivity index (χ0) is 17.5. The quantitative estimate of drug-likeness (QED) is 0.765. The van der Waals surface area contributed by atoms with Crippen LogP contribution in [0.4, 0.5) is 13.2 Å². The highest BCUT2D eigenvalue weighted by Crippen LogP contribution is 2.20. The van der Waals surface area contributed by atoms with Gasteiger partial charge < -0.3 is 14.8 Å². The van der Waals surface area contributed by atoms with E-state index >= 15 is 0 Å². The number of halogens is 4. The molecule has 0 aromatic heterocycles. The van der Waals surface area contributed by atoms with Crippen LogP contribution >= 0.6 is 11.6 Å². The lowest BCUT2D eigenvalue weighted by atomic mass is 10.0. The first-order chi connectivity index (χ1) is 10.7. The molecule has 5 nitrogen and oxygen atoms in total. The normalized spacial score (nSPS) is 12.6. The van der Waals surface area contributed by atoms with E-state index in [0.717, 1.165) is 0 Å². The molecule has 0 saturated heterocycles. The molecule has 1 atom stereocenters. The second-order valence-electron chi connectivity index (χ2n) is 4.56. The summed E-state index contributed by atoms with van der Waals surface area (Å²) in [5.74, 6) is -1.36. The molecule has 1 unspecified atom stereocenters. The average molecular weight is 354 g/mol. The molecule has 0 aliphatic rings. The minimum atomic E-state index is -4.51. The van der Waals surface area contributed by atoms with Gasteiger partial charge in [-0.1, -0.05) is 23.7 Å². The van der Waals surface area contributed by atoms with Crippen molar-refractivity contribution in [3.63, 3.8) is 0 Å². The number of benzene rings is 1. The van der Waals surface area contributed by atoms with Gasteiger partial charge in [0.15, 0.2) is 0 Å². The van der Waals surface area contributed by atoms with Gasteiger partial charge in [0, 0.05) is 5.02 Å². The Labute approximate surface area is 135 Å². The first kappa shape index (κ1) is 19.2. The molecule has 0 radical (unpaired) electrons. The maximum absolute atomic E-state index is 12.0. The van der Waals surface area contributed by atoms with Gasteiger partial charge >= 0.3 is 12.1 Å². The van der Waals surface area contributed by atoms with E-state index in [-0.39, 0.29) is 6.42 Å². The molecule has 0 aliphatic carbocycles. The van der Waals surface area contributed by atoms with Crippen molar-refractivity contribution in [3.8, 4) is 0 Å². The maximum Gasteiger partial charge on any atom is 0.411 e. The third-order valence-electron chi connectivity index (χ3n) is 2.70. The smallest absolute Gasteiger partial charge is 0.411 e. The molecule has 128 valence electrons. The first-order valence-corrected chi connectivity index (χ1v) is 6.85.